The number of hydrogen-bond acceptors (Lipinski definition) is 3. The molecule has 0 aliphatic heterocycles. The summed E-state index contributed by atoms with van der Waals surface area (Å²) in [5.74, 6) is 0. The lowest BCUT2D eigenvalue weighted by Gasteiger charge is -2.18. The zero-order valence-corrected chi connectivity index (χ0v) is 15.7. The summed E-state index contributed by atoms with van der Waals surface area (Å²) in [4.78, 5) is 1.32. The van der Waals surface area contributed by atoms with Gasteiger partial charge in [0.1, 0.15) is 0 Å². The molecule has 0 unspecified atom stereocenters. The van der Waals surface area contributed by atoms with E-state index in [1.54, 1.807) is 36.6 Å². The first kappa shape index (κ1) is 16.2. The summed E-state index contributed by atoms with van der Waals surface area (Å²) in [6, 6.07) is 7.13. The topological polar surface area (TPSA) is 37.4 Å². The zero-order valence-electron chi connectivity index (χ0n) is 10.9. The van der Waals surface area contributed by atoms with Gasteiger partial charge in [-0.15, -0.1) is 11.3 Å². The predicted octanol–water partition coefficient (Wildman–Crippen LogP) is 4.40. The number of halogens is 2. The van der Waals surface area contributed by atoms with Crippen molar-refractivity contribution in [2.24, 2.45) is 0 Å². The molecule has 3 nitrogen and oxygen atoms in total. The van der Waals surface area contributed by atoms with Crippen LogP contribution in [0.15, 0.2) is 43.5 Å². The van der Waals surface area contributed by atoms with E-state index < -0.39 is 10.0 Å². The van der Waals surface area contributed by atoms with Crippen LogP contribution in [0.2, 0.25) is 0 Å². The molecule has 0 bridgehead atoms. The van der Waals surface area contributed by atoms with E-state index in [0.29, 0.717) is 11.0 Å². The molecule has 0 saturated carbocycles. The second-order valence-corrected chi connectivity index (χ2v) is 9.15. The highest BCUT2D eigenvalue weighted by Crippen LogP contribution is 2.29. The smallest absolute Gasteiger partial charge is 0.207 e. The number of thiophene rings is 1. The molecule has 1 heterocycles. The lowest BCUT2D eigenvalue weighted by molar-refractivity contribution is 0.468. The lowest BCUT2D eigenvalue weighted by atomic mass is 10.3. The largest absolute Gasteiger partial charge is 0.244 e. The van der Waals surface area contributed by atoms with Crippen LogP contribution in [0.4, 0.5) is 0 Å². The number of benzene rings is 1. The molecule has 0 amide bonds. The van der Waals surface area contributed by atoms with E-state index in [9.17, 15) is 8.42 Å². The van der Waals surface area contributed by atoms with Crippen LogP contribution in [0.5, 0.6) is 0 Å². The molecule has 0 aliphatic carbocycles. The van der Waals surface area contributed by atoms with E-state index in [-0.39, 0.29) is 4.90 Å². The molecule has 0 fully saturated rings. The maximum Gasteiger partial charge on any atom is 0.244 e. The molecule has 0 atom stereocenters. The van der Waals surface area contributed by atoms with Crippen LogP contribution >= 0.6 is 43.2 Å². The minimum absolute atomic E-state index is 0.267. The molecule has 0 radical (unpaired) electrons. The van der Waals surface area contributed by atoms with Crippen LogP contribution in [0.25, 0.3) is 0 Å². The molecule has 0 aliphatic rings. The van der Waals surface area contributed by atoms with Gasteiger partial charge in [0.05, 0.1) is 4.90 Å². The van der Waals surface area contributed by atoms with Crippen molar-refractivity contribution in [1.82, 2.24) is 4.31 Å². The Morgan fingerprint density at radius 2 is 1.95 bits per heavy atom. The summed E-state index contributed by atoms with van der Waals surface area (Å²) in [5.41, 5.74) is 1.12. The average Bonchev–Trinajstić information content (AvgIpc) is 2.78. The molecule has 1 aromatic carbocycles. The molecule has 20 heavy (non-hydrogen) atoms. The van der Waals surface area contributed by atoms with Gasteiger partial charge in [-0.2, -0.15) is 4.31 Å². The fraction of sp³-hybridized carbons (Fsp3) is 0.231. The van der Waals surface area contributed by atoms with Gasteiger partial charge in [0.25, 0.3) is 0 Å². The van der Waals surface area contributed by atoms with E-state index in [2.05, 4.69) is 31.9 Å². The maximum atomic E-state index is 12.6. The van der Waals surface area contributed by atoms with Gasteiger partial charge in [-0.05, 0) is 58.1 Å². The Morgan fingerprint density at radius 3 is 2.55 bits per heavy atom. The molecule has 0 N–H and O–H groups in total. The fourth-order valence-corrected chi connectivity index (χ4v) is 5.33. The van der Waals surface area contributed by atoms with Gasteiger partial charge in [0, 0.05) is 27.4 Å². The van der Waals surface area contributed by atoms with Crippen LogP contribution in [-0.2, 0) is 16.6 Å². The highest BCUT2D eigenvalue weighted by Gasteiger charge is 2.24. The molecular formula is C13H13Br2NO2S2. The van der Waals surface area contributed by atoms with Crippen molar-refractivity contribution in [2.75, 3.05) is 7.05 Å². The summed E-state index contributed by atoms with van der Waals surface area (Å²) in [6.45, 7) is 2.37. The molecule has 2 rings (SSSR count). The fourth-order valence-electron chi connectivity index (χ4n) is 1.70. The number of aryl methyl sites for hydroxylation is 1. The van der Waals surface area contributed by atoms with Crippen LogP contribution in [0, 0.1) is 6.92 Å². The summed E-state index contributed by atoms with van der Waals surface area (Å²) < 4.78 is 27.9. The first-order valence-corrected chi connectivity index (χ1v) is 9.67. The SMILES string of the molecule is Cc1ccsc1CN(C)S(=O)(=O)c1cc(Br)ccc1Br. The van der Waals surface area contributed by atoms with Crippen LogP contribution in [0.1, 0.15) is 10.4 Å². The Hall–Kier alpha value is -0.210. The zero-order chi connectivity index (χ0) is 14.9. The average molecular weight is 439 g/mol. The Kier molecular flexibility index (Phi) is 5.07. The minimum Gasteiger partial charge on any atom is -0.207 e. The molecule has 2 aromatic rings. The third-order valence-corrected chi connectivity index (χ3v) is 7.21. The van der Waals surface area contributed by atoms with Crippen LogP contribution in [-0.4, -0.2) is 19.8 Å². The first-order chi connectivity index (χ1) is 9.32. The van der Waals surface area contributed by atoms with Crippen molar-refractivity contribution in [1.29, 1.82) is 0 Å². The van der Waals surface area contributed by atoms with Crippen molar-refractivity contribution < 1.29 is 8.42 Å². The molecule has 108 valence electrons. The molecule has 0 saturated heterocycles. The predicted molar refractivity (Wildman–Crippen MR) is 89.6 cm³/mol. The van der Waals surface area contributed by atoms with Crippen LogP contribution < -0.4 is 0 Å². The van der Waals surface area contributed by atoms with E-state index in [1.807, 2.05) is 18.4 Å². The molecule has 1 aromatic heterocycles. The van der Waals surface area contributed by atoms with Crippen molar-refractivity contribution >= 4 is 53.2 Å². The maximum absolute atomic E-state index is 12.6. The second-order valence-electron chi connectivity index (χ2n) is 4.36. The van der Waals surface area contributed by atoms with Crippen LogP contribution in [0.3, 0.4) is 0 Å². The van der Waals surface area contributed by atoms with Crippen molar-refractivity contribution in [2.45, 2.75) is 18.4 Å². The number of hydrogen-bond donors (Lipinski definition) is 0. The van der Waals surface area contributed by atoms with Gasteiger partial charge >= 0.3 is 0 Å². The second kappa shape index (κ2) is 6.27. The third kappa shape index (κ3) is 3.33. The summed E-state index contributed by atoms with van der Waals surface area (Å²) >= 11 is 8.18. The Bertz CT molecular complexity index is 726. The van der Waals surface area contributed by atoms with Gasteiger partial charge in [0.2, 0.25) is 10.0 Å². The minimum atomic E-state index is -3.52. The van der Waals surface area contributed by atoms with Gasteiger partial charge in [-0.1, -0.05) is 15.9 Å². The van der Waals surface area contributed by atoms with Gasteiger partial charge in [-0.3, -0.25) is 0 Å². The number of rotatable bonds is 4. The Morgan fingerprint density at radius 1 is 1.25 bits per heavy atom. The summed E-state index contributed by atoms with van der Waals surface area (Å²) in [6.07, 6.45) is 0. The van der Waals surface area contributed by atoms with Gasteiger partial charge in [-0.25, -0.2) is 8.42 Å². The van der Waals surface area contributed by atoms with Crippen molar-refractivity contribution in [3.05, 3.63) is 49.0 Å². The standard InChI is InChI=1S/C13H13Br2NO2S2/c1-9-5-6-19-12(9)8-16(2)20(17,18)13-7-10(14)3-4-11(13)15/h3-7H,8H2,1-2H3. The highest BCUT2D eigenvalue weighted by molar-refractivity contribution is 9.11. The lowest BCUT2D eigenvalue weighted by Crippen LogP contribution is -2.26. The summed E-state index contributed by atoms with van der Waals surface area (Å²) in [5, 5.41) is 1.97. The Labute approximate surface area is 139 Å². The monoisotopic (exact) mass is 437 g/mol. The van der Waals surface area contributed by atoms with Gasteiger partial charge in [0.15, 0.2) is 0 Å². The van der Waals surface area contributed by atoms with Crippen molar-refractivity contribution in [3.8, 4) is 0 Å². The van der Waals surface area contributed by atoms with E-state index >= 15 is 0 Å². The highest BCUT2D eigenvalue weighted by atomic mass is 79.9. The van der Waals surface area contributed by atoms with Crippen molar-refractivity contribution in [3.63, 3.8) is 0 Å². The molecular weight excluding hydrogens is 426 g/mol. The normalized spacial score (nSPS) is 12.1. The first-order valence-electron chi connectivity index (χ1n) is 5.76. The molecule has 7 heteroatoms. The summed E-state index contributed by atoms with van der Waals surface area (Å²) in [7, 11) is -1.92. The van der Waals surface area contributed by atoms with E-state index in [1.165, 1.54) is 4.31 Å². The number of sulfonamides is 1. The van der Waals surface area contributed by atoms with E-state index in [0.717, 1.165) is 14.9 Å². The quantitative estimate of drug-likeness (QED) is 0.709. The molecule has 0 spiro atoms. The Balaban J connectivity index is 2.35. The number of nitrogens with zero attached hydrogens (tertiary/aromatic N) is 1. The van der Waals surface area contributed by atoms with E-state index in [4.69, 9.17) is 0 Å². The third-order valence-electron chi connectivity index (χ3n) is 2.92. The van der Waals surface area contributed by atoms with Gasteiger partial charge < -0.3 is 0 Å².